The van der Waals surface area contributed by atoms with E-state index < -0.39 is 24.2 Å². The van der Waals surface area contributed by atoms with E-state index in [0.29, 0.717) is 6.42 Å². The predicted molar refractivity (Wildman–Crippen MR) is 88.7 cm³/mol. The zero-order chi connectivity index (χ0) is 17.3. The van der Waals surface area contributed by atoms with Crippen LogP contribution < -0.4 is 0 Å². The fourth-order valence-corrected chi connectivity index (χ4v) is 4.19. The third kappa shape index (κ3) is 3.33. The van der Waals surface area contributed by atoms with Crippen molar-refractivity contribution in [1.29, 1.82) is 0 Å². The number of ether oxygens (including phenoxy) is 1. The molecule has 0 heterocycles. The molecule has 2 aliphatic rings. The van der Waals surface area contributed by atoms with Crippen molar-refractivity contribution in [1.82, 2.24) is 0 Å². The number of hydrogen-bond donors (Lipinski definition) is 0. The van der Waals surface area contributed by atoms with Gasteiger partial charge in [-0.3, -0.25) is 4.79 Å². The van der Waals surface area contributed by atoms with Crippen molar-refractivity contribution in [2.24, 2.45) is 29.6 Å². The highest BCUT2D eigenvalue weighted by atomic mass is 19.1. The first-order valence-corrected chi connectivity index (χ1v) is 8.97. The minimum absolute atomic E-state index is 0.0214. The summed E-state index contributed by atoms with van der Waals surface area (Å²) >= 11 is 0. The van der Waals surface area contributed by atoms with Gasteiger partial charge in [0.15, 0.2) is 0 Å². The van der Waals surface area contributed by atoms with Gasteiger partial charge in [-0.2, -0.15) is 0 Å². The zero-order valence-corrected chi connectivity index (χ0v) is 14.3. The molecule has 3 rings (SSSR count). The van der Waals surface area contributed by atoms with Gasteiger partial charge in [-0.05, 0) is 48.5 Å². The molecule has 0 bridgehead atoms. The summed E-state index contributed by atoms with van der Waals surface area (Å²) in [7, 11) is 0. The molecule has 0 amide bonds. The number of alkyl halides is 2. The molecule has 24 heavy (non-hydrogen) atoms. The molecule has 132 valence electrons. The van der Waals surface area contributed by atoms with Gasteiger partial charge in [-0.25, -0.2) is 8.78 Å². The average molecular weight is 336 g/mol. The van der Waals surface area contributed by atoms with E-state index in [1.54, 1.807) is 0 Å². The molecule has 4 unspecified atom stereocenters. The van der Waals surface area contributed by atoms with Crippen molar-refractivity contribution in [2.75, 3.05) is 0 Å². The highest BCUT2D eigenvalue weighted by Gasteiger charge is 2.55. The molecule has 0 aliphatic heterocycles. The molecule has 1 aromatic carbocycles. The number of benzene rings is 1. The van der Waals surface area contributed by atoms with Gasteiger partial charge in [-0.15, -0.1) is 0 Å². The van der Waals surface area contributed by atoms with Gasteiger partial charge in [-0.1, -0.05) is 44.2 Å². The zero-order valence-electron chi connectivity index (χ0n) is 14.3. The van der Waals surface area contributed by atoms with Crippen LogP contribution in [0.1, 0.15) is 38.7 Å². The van der Waals surface area contributed by atoms with Crippen LogP contribution in [0.2, 0.25) is 0 Å². The van der Waals surface area contributed by atoms with Crippen LogP contribution in [-0.2, 0) is 16.1 Å². The highest BCUT2D eigenvalue weighted by molar-refractivity contribution is 5.75. The van der Waals surface area contributed by atoms with Crippen molar-refractivity contribution in [3.63, 3.8) is 0 Å². The second-order valence-corrected chi connectivity index (χ2v) is 7.63. The smallest absolute Gasteiger partial charge is 0.312 e. The second-order valence-electron chi connectivity index (χ2n) is 7.63. The molecular weight excluding hydrogens is 310 g/mol. The summed E-state index contributed by atoms with van der Waals surface area (Å²) in [5.41, 5.74) is 0.891. The Morgan fingerprint density at radius 2 is 1.92 bits per heavy atom. The molecule has 2 saturated carbocycles. The lowest BCUT2D eigenvalue weighted by atomic mass is 9.54. The molecule has 4 heteroatoms. The predicted octanol–water partition coefficient (Wildman–Crippen LogP) is 4.72. The van der Waals surface area contributed by atoms with Gasteiger partial charge in [0.05, 0.1) is 5.92 Å². The van der Waals surface area contributed by atoms with Crippen LogP contribution >= 0.6 is 0 Å². The summed E-state index contributed by atoms with van der Waals surface area (Å²) in [5.74, 6) is -1.15. The highest BCUT2D eigenvalue weighted by Crippen LogP contribution is 2.54. The number of halogens is 2. The molecule has 2 fully saturated rings. The number of hydrogen-bond acceptors (Lipinski definition) is 2. The fourth-order valence-electron chi connectivity index (χ4n) is 4.19. The lowest BCUT2D eigenvalue weighted by Crippen LogP contribution is -2.53. The van der Waals surface area contributed by atoms with E-state index in [1.165, 1.54) is 0 Å². The first kappa shape index (κ1) is 17.4. The topological polar surface area (TPSA) is 26.3 Å². The Hall–Kier alpha value is -1.45. The summed E-state index contributed by atoms with van der Waals surface area (Å²) in [6.45, 7) is 3.93. The van der Waals surface area contributed by atoms with Gasteiger partial charge >= 0.3 is 5.97 Å². The summed E-state index contributed by atoms with van der Waals surface area (Å²) in [6, 6.07) is 9.39. The third-order valence-corrected chi connectivity index (χ3v) is 5.82. The second kappa shape index (κ2) is 7.20. The van der Waals surface area contributed by atoms with Crippen LogP contribution in [0.15, 0.2) is 30.3 Å². The van der Waals surface area contributed by atoms with Crippen LogP contribution in [0.25, 0.3) is 0 Å². The van der Waals surface area contributed by atoms with Gasteiger partial charge < -0.3 is 4.74 Å². The first-order chi connectivity index (χ1) is 11.5. The number of carbonyl (C=O) groups excluding carboxylic acids is 1. The summed E-state index contributed by atoms with van der Waals surface area (Å²) in [6.07, 6.45) is 0.123. The Kier molecular flexibility index (Phi) is 5.21. The minimum Gasteiger partial charge on any atom is -0.461 e. The monoisotopic (exact) mass is 336 g/mol. The standard InChI is InChI=1S/C20H26F2O2/c1-12(2)19(22)15-9-8-14(15)16-10-17(21)18(16)20(23)24-11-13-6-4-3-5-7-13/h3-7,12,14-19H,8-11H2,1-2H3/t14?,15?,16?,17-,18?,19+/m0/s1. The van der Waals surface area contributed by atoms with Crippen molar-refractivity contribution in [3.05, 3.63) is 35.9 Å². The Morgan fingerprint density at radius 1 is 1.21 bits per heavy atom. The lowest BCUT2D eigenvalue weighted by molar-refractivity contribution is -0.170. The van der Waals surface area contributed by atoms with E-state index >= 15 is 0 Å². The normalized spacial score (nSPS) is 33.5. The molecule has 2 nitrogen and oxygen atoms in total. The molecule has 2 aliphatic carbocycles. The maximum absolute atomic E-state index is 14.3. The molecule has 1 aromatic rings. The van der Waals surface area contributed by atoms with Crippen molar-refractivity contribution in [2.45, 2.75) is 52.1 Å². The molecule has 0 N–H and O–H groups in total. The Morgan fingerprint density at radius 3 is 2.46 bits per heavy atom. The van der Waals surface area contributed by atoms with E-state index in [0.717, 1.165) is 18.4 Å². The summed E-state index contributed by atoms with van der Waals surface area (Å²) in [5, 5.41) is 0. The lowest BCUT2D eigenvalue weighted by Gasteiger charge is -2.51. The van der Waals surface area contributed by atoms with Crippen LogP contribution in [0.3, 0.4) is 0 Å². The van der Waals surface area contributed by atoms with Crippen LogP contribution in [-0.4, -0.2) is 18.3 Å². The number of rotatable bonds is 6. The van der Waals surface area contributed by atoms with Gasteiger partial charge in [0.25, 0.3) is 0 Å². The van der Waals surface area contributed by atoms with Crippen molar-refractivity contribution >= 4 is 5.97 Å². The quantitative estimate of drug-likeness (QED) is 0.702. The molecule has 0 saturated heterocycles. The van der Waals surface area contributed by atoms with E-state index in [2.05, 4.69) is 0 Å². The molecule has 0 spiro atoms. The van der Waals surface area contributed by atoms with E-state index in [9.17, 15) is 13.6 Å². The maximum Gasteiger partial charge on any atom is 0.312 e. The fraction of sp³-hybridized carbons (Fsp3) is 0.650. The molecule has 0 aromatic heterocycles. The van der Waals surface area contributed by atoms with Gasteiger partial charge in [0.1, 0.15) is 19.0 Å². The van der Waals surface area contributed by atoms with Crippen molar-refractivity contribution in [3.8, 4) is 0 Å². The largest absolute Gasteiger partial charge is 0.461 e. The van der Waals surface area contributed by atoms with Gasteiger partial charge in [0, 0.05) is 0 Å². The van der Waals surface area contributed by atoms with Crippen LogP contribution in [0.5, 0.6) is 0 Å². The minimum atomic E-state index is -1.14. The SMILES string of the molecule is CC(C)[C@@H](F)C1CCC1C1C[C@H](F)C1C(=O)OCc1ccccc1. The van der Waals surface area contributed by atoms with Crippen LogP contribution in [0, 0.1) is 29.6 Å². The molecular formula is C20H26F2O2. The van der Waals surface area contributed by atoms with E-state index in [1.807, 2.05) is 44.2 Å². The third-order valence-electron chi connectivity index (χ3n) is 5.82. The molecule has 0 radical (unpaired) electrons. The van der Waals surface area contributed by atoms with Crippen molar-refractivity contribution < 1.29 is 18.3 Å². The Bertz CT molecular complexity index is 560. The Balaban J connectivity index is 1.57. The van der Waals surface area contributed by atoms with E-state index in [4.69, 9.17) is 4.74 Å². The number of carbonyl (C=O) groups is 1. The van der Waals surface area contributed by atoms with Crippen LogP contribution in [0.4, 0.5) is 8.78 Å². The Labute approximate surface area is 142 Å². The average Bonchev–Trinajstić information content (AvgIpc) is 2.52. The maximum atomic E-state index is 14.3. The summed E-state index contributed by atoms with van der Waals surface area (Å²) < 4.78 is 33.7. The molecule has 6 atom stereocenters. The van der Waals surface area contributed by atoms with E-state index in [-0.39, 0.29) is 30.3 Å². The summed E-state index contributed by atoms with van der Waals surface area (Å²) in [4.78, 5) is 12.3. The first-order valence-electron chi connectivity index (χ1n) is 8.97. The number of esters is 1. The van der Waals surface area contributed by atoms with Gasteiger partial charge in [0.2, 0.25) is 0 Å².